The van der Waals surface area contributed by atoms with Gasteiger partial charge in [0.2, 0.25) is 5.91 Å². The summed E-state index contributed by atoms with van der Waals surface area (Å²) in [7, 11) is -4.78. The van der Waals surface area contributed by atoms with Gasteiger partial charge in [-0.25, -0.2) is 9.36 Å². The fourth-order valence-electron chi connectivity index (χ4n) is 2.97. The molecule has 4 N–H and O–H groups in total. The van der Waals surface area contributed by atoms with Gasteiger partial charge in [0.1, 0.15) is 0 Å². The molecule has 0 aromatic heterocycles. The van der Waals surface area contributed by atoms with Crippen molar-refractivity contribution in [3.05, 3.63) is 12.2 Å². The summed E-state index contributed by atoms with van der Waals surface area (Å²) in [4.78, 5) is 40.0. The third kappa shape index (κ3) is 20.1. The summed E-state index contributed by atoms with van der Waals surface area (Å²) in [6, 6.07) is -1.48. The summed E-state index contributed by atoms with van der Waals surface area (Å²) in [5, 5.41) is 11.2. The van der Waals surface area contributed by atoms with Gasteiger partial charge in [-0.2, -0.15) is 0 Å². The van der Waals surface area contributed by atoms with E-state index in [0.29, 0.717) is 6.42 Å². The van der Waals surface area contributed by atoms with E-state index >= 15 is 0 Å². The van der Waals surface area contributed by atoms with Crippen LogP contribution in [0.2, 0.25) is 0 Å². The summed E-state index contributed by atoms with van der Waals surface area (Å²) in [6.45, 7) is 1.45. The third-order valence-electron chi connectivity index (χ3n) is 4.71. The van der Waals surface area contributed by atoms with Crippen molar-refractivity contribution in [2.24, 2.45) is 0 Å². The van der Waals surface area contributed by atoms with Gasteiger partial charge in [-0.3, -0.25) is 9.32 Å². The van der Waals surface area contributed by atoms with E-state index < -0.39 is 32.3 Å². The Morgan fingerprint density at radius 1 is 0.900 bits per heavy atom. The Kier molecular flexibility index (Phi) is 17.8. The number of nitrogens with one attached hydrogen (secondary N) is 1. The number of phosphoric acid groups is 1. The first-order valence-electron chi connectivity index (χ1n) is 11.1. The number of amides is 1. The molecule has 0 radical (unpaired) electrons. The maximum absolute atomic E-state index is 11.8. The molecule has 8 nitrogen and oxygen atoms in total. The van der Waals surface area contributed by atoms with Crippen LogP contribution in [0.15, 0.2) is 12.2 Å². The van der Waals surface area contributed by atoms with E-state index in [9.17, 15) is 14.2 Å². The fourth-order valence-corrected chi connectivity index (χ4v) is 3.31. The number of rotatable bonds is 20. The second kappa shape index (κ2) is 18.6. The molecule has 1 atom stereocenters. The van der Waals surface area contributed by atoms with Gasteiger partial charge >= 0.3 is 13.8 Å². The van der Waals surface area contributed by atoms with Crippen molar-refractivity contribution >= 4 is 19.7 Å². The van der Waals surface area contributed by atoms with Crippen LogP contribution in [0.3, 0.4) is 0 Å². The van der Waals surface area contributed by atoms with Crippen LogP contribution in [0, 0.1) is 0 Å². The van der Waals surface area contributed by atoms with Crippen molar-refractivity contribution in [1.29, 1.82) is 0 Å². The number of allylic oxidation sites excluding steroid dienone is 2. The molecule has 0 aromatic carbocycles. The standard InChI is InChI=1S/C21H40NO7P/c1-2-3-4-5-6-7-8-9-10-11-12-13-14-15-16-17-20(23)22-19(21(24)25)18-29-30(26,27)28/h9-10,19H,2-8,11-18H2,1H3,(H,22,23)(H,24,25)(H2,26,27,28)/t19-/m0/s1. The maximum Gasteiger partial charge on any atom is 0.469 e. The Bertz CT molecular complexity index is 533. The summed E-state index contributed by atoms with van der Waals surface area (Å²) >= 11 is 0. The molecule has 0 aromatic rings. The highest BCUT2D eigenvalue weighted by molar-refractivity contribution is 7.46. The SMILES string of the molecule is CCCCCCCCC=CCCCCCCCC(=O)N[C@@H](COP(=O)(O)O)C(=O)O. The van der Waals surface area contributed by atoms with Crippen LogP contribution < -0.4 is 5.32 Å². The van der Waals surface area contributed by atoms with Crippen LogP contribution in [0.25, 0.3) is 0 Å². The smallest absolute Gasteiger partial charge is 0.469 e. The van der Waals surface area contributed by atoms with Crippen LogP contribution >= 0.6 is 7.82 Å². The first-order valence-corrected chi connectivity index (χ1v) is 12.7. The number of carboxylic acid groups (broad SMARTS) is 1. The van der Waals surface area contributed by atoms with Crippen molar-refractivity contribution in [1.82, 2.24) is 5.32 Å². The Labute approximate surface area is 180 Å². The van der Waals surface area contributed by atoms with Crippen molar-refractivity contribution < 1.29 is 33.6 Å². The lowest BCUT2D eigenvalue weighted by atomic mass is 10.1. The number of aliphatic carboxylic acids is 1. The largest absolute Gasteiger partial charge is 0.480 e. The maximum atomic E-state index is 11.8. The minimum Gasteiger partial charge on any atom is -0.480 e. The molecule has 0 saturated heterocycles. The normalized spacial score (nSPS) is 12.9. The van der Waals surface area contributed by atoms with E-state index in [-0.39, 0.29) is 6.42 Å². The number of carbonyl (C=O) groups excluding carboxylic acids is 1. The van der Waals surface area contributed by atoms with Gasteiger partial charge in [0, 0.05) is 6.42 Å². The molecule has 0 saturated carbocycles. The Morgan fingerprint density at radius 2 is 1.40 bits per heavy atom. The van der Waals surface area contributed by atoms with Gasteiger partial charge in [0.05, 0.1) is 6.61 Å². The number of hydrogen-bond acceptors (Lipinski definition) is 4. The zero-order valence-corrected chi connectivity index (χ0v) is 19.2. The molecule has 176 valence electrons. The molecule has 0 rings (SSSR count). The highest BCUT2D eigenvalue weighted by Gasteiger charge is 2.24. The van der Waals surface area contributed by atoms with Crippen molar-refractivity contribution in [3.8, 4) is 0 Å². The highest BCUT2D eigenvalue weighted by Crippen LogP contribution is 2.35. The highest BCUT2D eigenvalue weighted by atomic mass is 31.2. The predicted molar refractivity (Wildman–Crippen MR) is 117 cm³/mol. The van der Waals surface area contributed by atoms with Gasteiger partial charge in [-0.15, -0.1) is 0 Å². The average Bonchev–Trinajstić information content (AvgIpc) is 2.67. The summed E-state index contributed by atoms with van der Waals surface area (Å²) in [5.74, 6) is -1.87. The molecule has 9 heteroatoms. The van der Waals surface area contributed by atoms with Gasteiger partial charge in [0.25, 0.3) is 0 Å². The molecule has 0 aliphatic carbocycles. The summed E-state index contributed by atoms with van der Waals surface area (Å²) in [5.41, 5.74) is 0. The molecule has 0 bridgehead atoms. The van der Waals surface area contributed by atoms with Crippen LogP contribution in [0.5, 0.6) is 0 Å². The number of phosphoric ester groups is 1. The Morgan fingerprint density at radius 3 is 1.90 bits per heavy atom. The van der Waals surface area contributed by atoms with Crippen LogP contribution in [-0.4, -0.2) is 39.4 Å². The van der Waals surface area contributed by atoms with E-state index in [4.69, 9.17) is 14.9 Å². The molecule has 30 heavy (non-hydrogen) atoms. The first-order chi connectivity index (χ1) is 14.3. The lowest BCUT2D eigenvalue weighted by Gasteiger charge is -2.15. The lowest BCUT2D eigenvalue weighted by Crippen LogP contribution is -2.43. The molecule has 0 spiro atoms. The predicted octanol–water partition coefficient (Wildman–Crippen LogP) is 4.70. The van der Waals surface area contributed by atoms with Crippen LogP contribution in [0.4, 0.5) is 0 Å². The molecule has 1 amide bonds. The zero-order chi connectivity index (χ0) is 22.7. The van der Waals surface area contributed by atoms with Gasteiger partial charge in [-0.05, 0) is 32.1 Å². The molecular weight excluding hydrogens is 409 g/mol. The molecule has 0 heterocycles. The van der Waals surface area contributed by atoms with Gasteiger partial charge < -0.3 is 20.2 Å². The summed E-state index contributed by atoms with van der Waals surface area (Å²) in [6.07, 6.45) is 19.6. The number of hydrogen-bond donors (Lipinski definition) is 4. The minimum absolute atomic E-state index is 0.178. The lowest BCUT2D eigenvalue weighted by molar-refractivity contribution is -0.142. The Balaban J connectivity index is 3.62. The van der Waals surface area contributed by atoms with E-state index in [1.165, 1.54) is 38.5 Å². The molecule has 0 unspecified atom stereocenters. The van der Waals surface area contributed by atoms with Crippen molar-refractivity contribution in [3.63, 3.8) is 0 Å². The molecule has 0 aliphatic heterocycles. The number of carbonyl (C=O) groups is 2. The van der Waals surface area contributed by atoms with E-state index in [2.05, 4.69) is 28.9 Å². The molecular formula is C21H40NO7P. The van der Waals surface area contributed by atoms with Crippen molar-refractivity contribution in [2.45, 2.75) is 103 Å². The number of carboxylic acids is 1. The quantitative estimate of drug-likeness (QED) is 0.120. The Hall–Kier alpha value is -1.21. The first kappa shape index (κ1) is 28.8. The average molecular weight is 450 g/mol. The zero-order valence-electron chi connectivity index (χ0n) is 18.3. The molecule has 0 fully saturated rings. The second-order valence-electron chi connectivity index (χ2n) is 7.58. The van der Waals surface area contributed by atoms with Crippen molar-refractivity contribution in [2.75, 3.05) is 6.61 Å². The van der Waals surface area contributed by atoms with E-state index in [1.54, 1.807) is 0 Å². The van der Waals surface area contributed by atoms with Crippen LogP contribution in [-0.2, 0) is 18.7 Å². The third-order valence-corrected chi connectivity index (χ3v) is 5.19. The van der Waals surface area contributed by atoms with E-state index in [1.807, 2.05) is 0 Å². The molecule has 0 aliphatic rings. The van der Waals surface area contributed by atoms with Gasteiger partial charge in [-0.1, -0.05) is 70.4 Å². The van der Waals surface area contributed by atoms with Crippen LogP contribution in [0.1, 0.15) is 96.8 Å². The minimum atomic E-state index is -4.78. The number of unbranched alkanes of at least 4 members (excludes halogenated alkanes) is 11. The topological polar surface area (TPSA) is 133 Å². The van der Waals surface area contributed by atoms with Gasteiger partial charge in [0.15, 0.2) is 6.04 Å². The monoisotopic (exact) mass is 449 g/mol. The fraction of sp³-hybridized carbons (Fsp3) is 0.810. The summed E-state index contributed by atoms with van der Waals surface area (Å²) < 4.78 is 14.8. The van der Waals surface area contributed by atoms with E-state index in [0.717, 1.165) is 38.5 Å². The second-order valence-corrected chi connectivity index (χ2v) is 8.82.